The van der Waals surface area contributed by atoms with Gasteiger partial charge in [-0.05, 0) is 49.2 Å². The lowest BCUT2D eigenvalue weighted by Crippen LogP contribution is -2.32. The summed E-state index contributed by atoms with van der Waals surface area (Å²) in [4.78, 5) is 11.8. The van der Waals surface area contributed by atoms with Gasteiger partial charge < -0.3 is 14.8 Å². The fourth-order valence-corrected chi connectivity index (χ4v) is 2.29. The first-order valence-electron chi connectivity index (χ1n) is 7.40. The van der Waals surface area contributed by atoms with E-state index in [1.807, 2.05) is 56.3 Å². The molecule has 1 amide bonds. The summed E-state index contributed by atoms with van der Waals surface area (Å²) in [5, 5.41) is 2.77. The van der Waals surface area contributed by atoms with Gasteiger partial charge in [0.05, 0.1) is 6.54 Å². The first-order chi connectivity index (χ1) is 11.1. The average Bonchev–Trinajstić information content (AvgIpc) is 2.55. The quantitative estimate of drug-likeness (QED) is 0.749. The third-order valence-electron chi connectivity index (χ3n) is 3.22. The Balaban J connectivity index is 1.69. The van der Waals surface area contributed by atoms with Crippen molar-refractivity contribution in [2.45, 2.75) is 13.8 Å². The summed E-state index contributed by atoms with van der Waals surface area (Å²) in [6.07, 6.45) is 0. The molecule has 5 heteroatoms. The van der Waals surface area contributed by atoms with Crippen molar-refractivity contribution in [3.8, 4) is 11.5 Å². The molecule has 0 saturated heterocycles. The van der Waals surface area contributed by atoms with Crippen LogP contribution < -0.4 is 14.8 Å². The normalized spacial score (nSPS) is 10.2. The Hall–Kier alpha value is -2.01. The molecule has 0 aliphatic rings. The molecule has 0 unspecified atom stereocenters. The predicted molar refractivity (Wildman–Crippen MR) is 94.1 cm³/mol. The van der Waals surface area contributed by atoms with Crippen molar-refractivity contribution in [3.05, 3.63) is 58.1 Å². The summed E-state index contributed by atoms with van der Waals surface area (Å²) in [5.41, 5.74) is 2.16. The minimum atomic E-state index is -0.167. The lowest BCUT2D eigenvalue weighted by atomic mass is 10.1. The second-order valence-electron chi connectivity index (χ2n) is 5.17. The van der Waals surface area contributed by atoms with Gasteiger partial charge in [0.25, 0.3) is 5.91 Å². The minimum absolute atomic E-state index is 0.00809. The molecule has 1 N–H and O–H groups in total. The van der Waals surface area contributed by atoms with Crippen LogP contribution in [0.2, 0.25) is 0 Å². The molecule has 2 rings (SSSR count). The zero-order valence-electron chi connectivity index (χ0n) is 13.3. The molecule has 2 aromatic rings. The van der Waals surface area contributed by atoms with Crippen LogP contribution in [0.5, 0.6) is 11.5 Å². The largest absolute Gasteiger partial charge is 0.492 e. The number of carbonyl (C=O) groups excluding carboxylic acids is 1. The van der Waals surface area contributed by atoms with Gasteiger partial charge in [0.15, 0.2) is 6.61 Å². The monoisotopic (exact) mass is 377 g/mol. The minimum Gasteiger partial charge on any atom is -0.492 e. The van der Waals surface area contributed by atoms with Crippen LogP contribution in [-0.4, -0.2) is 25.7 Å². The highest BCUT2D eigenvalue weighted by molar-refractivity contribution is 9.10. The van der Waals surface area contributed by atoms with E-state index in [1.165, 1.54) is 0 Å². The van der Waals surface area contributed by atoms with Crippen molar-refractivity contribution < 1.29 is 14.3 Å². The topological polar surface area (TPSA) is 47.6 Å². The molecule has 0 aromatic heterocycles. The maximum atomic E-state index is 11.8. The van der Waals surface area contributed by atoms with Crippen molar-refractivity contribution in [1.29, 1.82) is 0 Å². The number of para-hydroxylation sites is 1. The molecule has 0 spiro atoms. The zero-order valence-corrected chi connectivity index (χ0v) is 14.9. The molecular formula is C18H20BrNO3. The number of hydrogen-bond acceptors (Lipinski definition) is 3. The molecule has 0 fully saturated rings. The van der Waals surface area contributed by atoms with E-state index >= 15 is 0 Å². The van der Waals surface area contributed by atoms with Gasteiger partial charge in [-0.1, -0.05) is 34.1 Å². The van der Waals surface area contributed by atoms with Gasteiger partial charge >= 0.3 is 0 Å². The average molecular weight is 378 g/mol. The Morgan fingerprint density at radius 2 is 1.70 bits per heavy atom. The number of ether oxygens (including phenoxy) is 2. The van der Waals surface area contributed by atoms with Crippen LogP contribution in [0, 0.1) is 13.8 Å². The second-order valence-corrected chi connectivity index (χ2v) is 5.96. The molecular weight excluding hydrogens is 358 g/mol. The Morgan fingerprint density at radius 3 is 2.35 bits per heavy atom. The van der Waals surface area contributed by atoms with Gasteiger partial charge in [0.1, 0.15) is 18.1 Å². The number of halogens is 1. The first kappa shape index (κ1) is 17.3. The van der Waals surface area contributed by atoms with Crippen LogP contribution in [0.4, 0.5) is 0 Å². The number of nitrogens with one attached hydrogen (secondary N) is 1. The molecule has 0 atom stereocenters. The van der Waals surface area contributed by atoms with Gasteiger partial charge in [0.2, 0.25) is 0 Å². The highest BCUT2D eigenvalue weighted by Crippen LogP contribution is 2.26. The molecule has 4 nitrogen and oxygen atoms in total. The van der Waals surface area contributed by atoms with Crippen LogP contribution in [0.15, 0.2) is 46.9 Å². The van der Waals surface area contributed by atoms with Gasteiger partial charge in [-0.25, -0.2) is 0 Å². The molecule has 0 radical (unpaired) electrons. The summed E-state index contributed by atoms with van der Waals surface area (Å²) >= 11 is 3.51. The lowest BCUT2D eigenvalue weighted by Gasteiger charge is -2.11. The fourth-order valence-electron chi connectivity index (χ4n) is 2.07. The van der Waals surface area contributed by atoms with Gasteiger partial charge in [-0.3, -0.25) is 4.79 Å². The van der Waals surface area contributed by atoms with Crippen molar-refractivity contribution in [2.24, 2.45) is 0 Å². The van der Waals surface area contributed by atoms with Crippen LogP contribution in [-0.2, 0) is 4.79 Å². The van der Waals surface area contributed by atoms with E-state index in [2.05, 4.69) is 21.2 Å². The van der Waals surface area contributed by atoms with Gasteiger partial charge in [0, 0.05) is 4.47 Å². The second kappa shape index (κ2) is 8.58. The van der Waals surface area contributed by atoms with Crippen molar-refractivity contribution in [3.63, 3.8) is 0 Å². The molecule has 0 bridgehead atoms. The molecule has 0 saturated carbocycles. The number of benzene rings is 2. The highest BCUT2D eigenvalue weighted by atomic mass is 79.9. The van der Waals surface area contributed by atoms with Gasteiger partial charge in [-0.2, -0.15) is 0 Å². The third kappa shape index (κ3) is 5.60. The third-order valence-corrected chi connectivity index (χ3v) is 4.47. The van der Waals surface area contributed by atoms with Gasteiger partial charge in [-0.15, -0.1) is 0 Å². The molecule has 0 heterocycles. The summed E-state index contributed by atoms with van der Waals surface area (Å²) < 4.78 is 12.1. The SMILES string of the molecule is Cc1cc(OCC(=O)NCCOc2ccccc2)cc(C)c1Br. The van der Waals surface area contributed by atoms with Crippen LogP contribution >= 0.6 is 15.9 Å². The summed E-state index contributed by atoms with van der Waals surface area (Å²) in [7, 11) is 0. The van der Waals surface area contributed by atoms with E-state index in [9.17, 15) is 4.79 Å². The summed E-state index contributed by atoms with van der Waals surface area (Å²) in [5.74, 6) is 1.32. The van der Waals surface area contributed by atoms with Crippen LogP contribution in [0.1, 0.15) is 11.1 Å². The Kier molecular flexibility index (Phi) is 6.47. The van der Waals surface area contributed by atoms with E-state index < -0.39 is 0 Å². The van der Waals surface area contributed by atoms with Crippen LogP contribution in [0.25, 0.3) is 0 Å². The van der Waals surface area contributed by atoms with E-state index in [4.69, 9.17) is 9.47 Å². The van der Waals surface area contributed by atoms with E-state index in [-0.39, 0.29) is 12.5 Å². The maximum Gasteiger partial charge on any atom is 0.258 e. The molecule has 122 valence electrons. The Labute approximate surface area is 144 Å². The first-order valence-corrected chi connectivity index (χ1v) is 8.19. The van der Waals surface area contributed by atoms with Crippen molar-refractivity contribution in [1.82, 2.24) is 5.32 Å². The van der Waals surface area contributed by atoms with E-state index in [1.54, 1.807) is 0 Å². The number of hydrogen-bond donors (Lipinski definition) is 1. The number of carbonyl (C=O) groups is 1. The predicted octanol–water partition coefficient (Wildman–Crippen LogP) is 3.64. The molecule has 23 heavy (non-hydrogen) atoms. The van der Waals surface area contributed by atoms with E-state index in [0.717, 1.165) is 21.3 Å². The molecule has 0 aliphatic carbocycles. The summed E-state index contributed by atoms with van der Waals surface area (Å²) in [6.45, 7) is 4.84. The number of aryl methyl sites for hydroxylation is 2. The molecule has 0 aliphatic heterocycles. The van der Waals surface area contributed by atoms with Crippen molar-refractivity contribution in [2.75, 3.05) is 19.8 Å². The molecule has 2 aromatic carbocycles. The maximum absolute atomic E-state index is 11.8. The van der Waals surface area contributed by atoms with Crippen molar-refractivity contribution >= 4 is 21.8 Å². The van der Waals surface area contributed by atoms with E-state index in [0.29, 0.717) is 18.9 Å². The van der Waals surface area contributed by atoms with Crippen LogP contribution in [0.3, 0.4) is 0 Å². The Bertz CT molecular complexity index is 636. The number of amides is 1. The lowest BCUT2D eigenvalue weighted by molar-refractivity contribution is -0.123. The number of rotatable bonds is 7. The smallest absolute Gasteiger partial charge is 0.258 e. The standard InChI is InChI=1S/C18H20BrNO3/c1-13-10-16(11-14(2)18(13)19)23-12-17(21)20-8-9-22-15-6-4-3-5-7-15/h3-7,10-11H,8-9,12H2,1-2H3,(H,20,21). The Morgan fingerprint density at radius 1 is 1.04 bits per heavy atom. The summed E-state index contributed by atoms with van der Waals surface area (Å²) in [6, 6.07) is 13.3. The zero-order chi connectivity index (χ0) is 16.7. The highest BCUT2D eigenvalue weighted by Gasteiger charge is 2.06. The fraction of sp³-hybridized carbons (Fsp3) is 0.278.